The summed E-state index contributed by atoms with van der Waals surface area (Å²) >= 11 is 0. The van der Waals surface area contributed by atoms with Crippen LogP contribution in [0.2, 0.25) is 0 Å². The first kappa shape index (κ1) is 7.11. The summed E-state index contributed by atoms with van der Waals surface area (Å²) in [6, 6.07) is 0. The molecule has 0 aromatic rings. The fourth-order valence-electron chi connectivity index (χ4n) is 4.38. The molecule has 4 atom stereocenters. The summed E-state index contributed by atoms with van der Waals surface area (Å²) < 4.78 is 0. The SMILES string of the molecule is O=CC12CCCC1C1CCC2C1. The molecule has 1 heteroatoms. The second-order valence-electron chi connectivity index (χ2n) is 5.00. The van der Waals surface area contributed by atoms with Crippen LogP contribution < -0.4 is 0 Å². The number of rotatable bonds is 1. The molecule has 0 amide bonds. The van der Waals surface area contributed by atoms with Gasteiger partial charge in [-0.1, -0.05) is 6.42 Å². The molecule has 66 valence electrons. The van der Waals surface area contributed by atoms with Crippen molar-refractivity contribution < 1.29 is 4.79 Å². The van der Waals surface area contributed by atoms with Gasteiger partial charge in [-0.05, 0) is 49.9 Å². The summed E-state index contributed by atoms with van der Waals surface area (Å²) in [4.78, 5) is 11.2. The normalized spacial score (nSPS) is 55.8. The topological polar surface area (TPSA) is 17.1 Å². The fraction of sp³-hybridized carbons (Fsp3) is 0.909. The molecular formula is C11H16O. The third-order valence-corrected chi connectivity index (χ3v) is 4.84. The lowest BCUT2D eigenvalue weighted by Crippen LogP contribution is -2.33. The van der Waals surface area contributed by atoms with Crippen LogP contribution in [0.3, 0.4) is 0 Å². The smallest absolute Gasteiger partial charge is 0.126 e. The van der Waals surface area contributed by atoms with E-state index in [1.54, 1.807) is 0 Å². The largest absolute Gasteiger partial charge is 0.303 e. The summed E-state index contributed by atoms with van der Waals surface area (Å²) in [5.41, 5.74) is 0.183. The highest BCUT2D eigenvalue weighted by molar-refractivity contribution is 5.62. The molecule has 3 aliphatic rings. The maximum absolute atomic E-state index is 11.2. The maximum Gasteiger partial charge on any atom is 0.126 e. The summed E-state index contributed by atoms with van der Waals surface area (Å²) in [5, 5.41) is 0. The van der Waals surface area contributed by atoms with E-state index in [1.807, 2.05) is 0 Å². The second-order valence-corrected chi connectivity index (χ2v) is 5.00. The zero-order valence-electron chi connectivity index (χ0n) is 7.46. The summed E-state index contributed by atoms with van der Waals surface area (Å²) in [7, 11) is 0. The van der Waals surface area contributed by atoms with E-state index < -0.39 is 0 Å². The Hall–Kier alpha value is -0.330. The van der Waals surface area contributed by atoms with Crippen LogP contribution in [0.1, 0.15) is 38.5 Å². The van der Waals surface area contributed by atoms with Crippen molar-refractivity contribution in [3.8, 4) is 0 Å². The molecule has 0 spiro atoms. The first-order valence-corrected chi connectivity index (χ1v) is 5.33. The minimum absolute atomic E-state index is 0.183. The van der Waals surface area contributed by atoms with Gasteiger partial charge in [0, 0.05) is 5.41 Å². The van der Waals surface area contributed by atoms with Crippen LogP contribution in [0.5, 0.6) is 0 Å². The van der Waals surface area contributed by atoms with Gasteiger partial charge in [0.25, 0.3) is 0 Å². The van der Waals surface area contributed by atoms with Crippen LogP contribution in [-0.2, 0) is 4.79 Å². The van der Waals surface area contributed by atoms with Gasteiger partial charge in [0.05, 0.1) is 0 Å². The number of carbonyl (C=O) groups is 1. The van der Waals surface area contributed by atoms with Crippen molar-refractivity contribution in [1.82, 2.24) is 0 Å². The molecule has 3 saturated carbocycles. The first-order valence-electron chi connectivity index (χ1n) is 5.33. The van der Waals surface area contributed by atoms with Crippen LogP contribution >= 0.6 is 0 Å². The molecule has 0 aromatic heterocycles. The van der Waals surface area contributed by atoms with Gasteiger partial charge < -0.3 is 4.79 Å². The fourth-order valence-corrected chi connectivity index (χ4v) is 4.38. The number of carbonyl (C=O) groups excluding carboxylic acids is 1. The Kier molecular flexibility index (Phi) is 1.26. The van der Waals surface area contributed by atoms with Crippen molar-refractivity contribution >= 4 is 6.29 Å². The van der Waals surface area contributed by atoms with Crippen molar-refractivity contribution in [1.29, 1.82) is 0 Å². The molecule has 0 saturated heterocycles. The van der Waals surface area contributed by atoms with Crippen LogP contribution in [0.4, 0.5) is 0 Å². The molecule has 3 rings (SSSR count). The lowest BCUT2D eigenvalue weighted by atomic mass is 9.69. The Balaban J connectivity index is 2.03. The molecule has 2 bridgehead atoms. The predicted octanol–water partition coefficient (Wildman–Crippen LogP) is 2.40. The highest BCUT2D eigenvalue weighted by Gasteiger charge is 2.59. The number of hydrogen-bond acceptors (Lipinski definition) is 1. The monoisotopic (exact) mass is 164 g/mol. The quantitative estimate of drug-likeness (QED) is 0.544. The minimum Gasteiger partial charge on any atom is -0.303 e. The van der Waals surface area contributed by atoms with Crippen molar-refractivity contribution in [3.63, 3.8) is 0 Å². The van der Waals surface area contributed by atoms with Crippen molar-refractivity contribution in [2.75, 3.05) is 0 Å². The zero-order chi connectivity index (χ0) is 8.18. The Morgan fingerprint density at radius 2 is 2.17 bits per heavy atom. The lowest BCUT2D eigenvalue weighted by Gasteiger charge is -2.34. The zero-order valence-corrected chi connectivity index (χ0v) is 7.46. The van der Waals surface area contributed by atoms with Crippen LogP contribution in [0.25, 0.3) is 0 Å². The van der Waals surface area contributed by atoms with E-state index in [0.717, 1.165) is 17.8 Å². The summed E-state index contributed by atoms with van der Waals surface area (Å²) in [6.07, 6.45) is 9.35. The molecule has 1 nitrogen and oxygen atoms in total. The van der Waals surface area contributed by atoms with Crippen molar-refractivity contribution in [3.05, 3.63) is 0 Å². The Morgan fingerprint density at radius 1 is 1.25 bits per heavy atom. The predicted molar refractivity (Wildman–Crippen MR) is 46.7 cm³/mol. The van der Waals surface area contributed by atoms with E-state index in [-0.39, 0.29) is 5.41 Å². The highest BCUT2D eigenvalue weighted by Crippen LogP contribution is 2.65. The van der Waals surface area contributed by atoms with Crippen molar-refractivity contribution in [2.45, 2.75) is 38.5 Å². The second kappa shape index (κ2) is 2.12. The minimum atomic E-state index is 0.183. The van der Waals surface area contributed by atoms with E-state index in [0.29, 0.717) is 0 Å². The van der Waals surface area contributed by atoms with Gasteiger partial charge in [0.2, 0.25) is 0 Å². The molecule has 12 heavy (non-hydrogen) atoms. The summed E-state index contributed by atoms with van der Waals surface area (Å²) in [5.74, 6) is 2.52. The van der Waals surface area contributed by atoms with E-state index in [2.05, 4.69) is 0 Å². The third kappa shape index (κ3) is 0.605. The molecule has 4 unspecified atom stereocenters. The van der Waals surface area contributed by atoms with E-state index >= 15 is 0 Å². The Morgan fingerprint density at radius 3 is 2.92 bits per heavy atom. The van der Waals surface area contributed by atoms with Gasteiger partial charge in [-0.2, -0.15) is 0 Å². The number of aldehydes is 1. The Bertz CT molecular complexity index is 223. The van der Waals surface area contributed by atoms with Gasteiger partial charge in [0.1, 0.15) is 6.29 Å². The van der Waals surface area contributed by atoms with Crippen LogP contribution in [-0.4, -0.2) is 6.29 Å². The molecule has 3 aliphatic carbocycles. The molecule has 0 heterocycles. The standard InChI is InChI=1S/C11H16O/c12-7-11-5-1-2-10(11)8-3-4-9(11)6-8/h7-10H,1-6H2. The van der Waals surface area contributed by atoms with Crippen molar-refractivity contribution in [2.24, 2.45) is 23.2 Å². The molecule has 0 aliphatic heterocycles. The Labute approximate surface area is 73.5 Å². The average Bonchev–Trinajstić information content (AvgIpc) is 2.76. The highest BCUT2D eigenvalue weighted by atomic mass is 16.1. The van der Waals surface area contributed by atoms with Gasteiger partial charge in [-0.15, -0.1) is 0 Å². The van der Waals surface area contributed by atoms with Gasteiger partial charge in [0.15, 0.2) is 0 Å². The molecule has 0 N–H and O–H groups in total. The van der Waals surface area contributed by atoms with Gasteiger partial charge >= 0.3 is 0 Å². The van der Waals surface area contributed by atoms with Gasteiger partial charge in [-0.25, -0.2) is 0 Å². The van der Waals surface area contributed by atoms with Gasteiger partial charge in [-0.3, -0.25) is 0 Å². The van der Waals surface area contributed by atoms with E-state index in [4.69, 9.17) is 0 Å². The molecule has 0 radical (unpaired) electrons. The van der Waals surface area contributed by atoms with E-state index in [9.17, 15) is 4.79 Å². The molecule has 3 fully saturated rings. The van der Waals surface area contributed by atoms with Crippen LogP contribution in [0, 0.1) is 23.2 Å². The van der Waals surface area contributed by atoms with E-state index in [1.165, 1.54) is 44.8 Å². The first-order chi connectivity index (χ1) is 5.87. The number of hydrogen-bond donors (Lipinski definition) is 0. The average molecular weight is 164 g/mol. The number of fused-ring (bicyclic) bond motifs is 5. The van der Waals surface area contributed by atoms with Crippen LogP contribution in [0.15, 0.2) is 0 Å². The molecule has 0 aromatic carbocycles. The third-order valence-electron chi connectivity index (χ3n) is 4.84. The maximum atomic E-state index is 11.2. The molecular weight excluding hydrogens is 148 g/mol. The lowest BCUT2D eigenvalue weighted by molar-refractivity contribution is -0.120. The summed E-state index contributed by atoms with van der Waals surface area (Å²) in [6.45, 7) is 0.